The maximum atomic E-state index is 12.3. The molecule has 0 spiro atoms. The normalized spacial score (nSPS) is 11.2. The first kappa shape index (κ1) is 27.5. The van der Waals surface area contributed by atoms with E-state index in [1.54, 1.807) is 36.4 Å². The summed E-state index contributed by atoms with van der Waals surface area (Å²) < 4.78 is 21.4. The molecule has 1 unspecified atom stereocenters. The number of carbonyl (C=O) groups excluding carboxylic acids is 2. The molecule has 3 N–H and O–H groups in total. The molecule has 0 heterocycles. The van der Waals surface area contributed by atoms with Crippen LogP contribution in [0.4, 0.5) is 0 Å². The van der Waals surface area contributed by atoms with Gasteiger partial charge in [-0.25, -0.2) is 9.59 Å². The molecule has 0 aliphatic heterocycles. The van der Waals surface area contributed by atoms with Crippen LogP contribution in [0.15, 0.2) is 85.5 Å². The Kier molecular flexibility index (Phi) is 10.3. The Balaban J connectivity index is 1.43. The number of rotatable bonds is 13. The highest BCUT2D eigenvalue weighted by Gasteiger charge is 2.14. The van der Waals surface area contributed by atoms with E-state index in [-0.39, 0.29) is 16.8 Å². The summed E-state index contributed by atoms with van der Waals surface area (Å²) in [5.74, 6) is 0.226. The van der Waals surface area contributed by atoms with E-state index in [9.17, 15) is 14.7 Å². The highest BCUT2D eigenvalue weighted by atomic mass is 16.6. The van der Waals surface area contributed by atoms with Gasteiger partial charge in [0.15, 0.2) is 0 Å². The minimum absolute atomic E-state index is 0.251. The van der Waals surface area contributed by atoms with Crippen LogP contribution in [0.3, 0.4) is 0 Å². The van der Waals surface area contributed by atoms with Crippen molar-refractivity contribution in [2.45, 2.75) is 19.1 Å². The molecule has 0 amide bonds. The van der Waals surface area contributed by atoms with Crippen molar-refractivity contribution in [3.8, 4) is 17.2 Å². The molecule has 37 heavy (non-hydrogen) atoms. The van der Waals surface area contributed by atoms with E-state index in [1.807, 2.05) is 0 Å². The van der Waals surface area contributed by atoms with Gasteiger partial charge in [-0.05, 0) is 79.0 Å². The van der Waals surface area contributed by atoms with Crippen molar-refractivity contribution in [3.05, 3.63) is 96.6 Å². The average Bonchev–Trinajstić information content (AvgIpc) is 2.91. The summed E-state index contributed by atoms with van der Waals surface area (Å²) in [6, 6.07) is 18.7. The van der Waals surface area contributed by atoms with Crippen LogP contribution in [0.2, 0.25) is 0 Å². The van der Waals surface area contributed by atoms with E-state index in [0.29, 0.717) is 43.1 Å². The molecule has 3 aromatic carbocycles. The summed E-state index contributed by atoms with van der Waals surface area (Å²) in [4.78, 5) is 23.2. The van der Waals surface area contributed by atoms with Gasteiger partial charge in [0.1, 0.15) is 17.2 Å². The smallest absolute Gasteiger partial charge is 0.488 e. The van der Waals surface area contributed by atoms with Gasteiger partial charge in [0.2, 0.25) is 6.29 Å². The molecule has 192 valence electrons. The third kappa shape index (κ3) is 8.80. The van der Waals surface area contributed by atoms with Gasteiger partial charge in [-0.3, -0.25) is 0 Å². The Morgan fingerprint density at radius 2 is 1.43 bits per heavy atom. The van der Waals surface area contributed by atoms with Gasteiger partial charge in [-0.2, -0.15) is 0 Å². The first-order valence-corrected chi connectivity index (χ1v) is 11.5. The molecule has 0 bridgehead atoms. The standard InChI is InChI=1S/C27H27BO9/c1-2-25(29)35-18-4-3-17-34-22-11-7-20(8-12-22)27(31)37-24-15-13-23(14-16-24)36-26(30)19-5-9-21(10-6-19)28(32)33/h2,5-16,27,31-33H,1,3-4,17-18H2. The van der Waals surface area contributed by atoms with Crippen molar-refractivity contribution in [2.75, 3.05) is 13.2 Å². The average molecular weight is 506 g/mol. The maximum absolute atomic E-state index is 12.3. The van der Waals surface area contributed by atoms with Crippen LogP contribution in [0.25, 0.3) is 0 Å². The van der Waals surface area contributed by atoms with Gasteiger partial charge < -0.3 is 34.1 Å². The molecule has 3 aromatic rings. The number of aliphatic hydroxyl groups excluding tert-OH is 1. The lowest BCUT2D eigenvalue weighted by Gasteiger charge is -2.15. The van der Waals surface area contributed by atoms with Crippen LogP contribution in [0, 0.1) is 0 Å². The summed E-state index contributed by atoms with van der Waals surface area (Å²) >= 11 is 0. The van der Waals surface area contributed by atoms with Crippen molar-refractivity contribution >= 4 is 24.5 Å². The fraction of sp³-hybridized carbons (Fsp3) is 0.185. The lowest BCUT2D eigenvalue weighted by Crippen LogP contribution is -2.29. The van der Waals surface area contributed by atoms with Crippen LogP contribution in [0.5, 0.6) is 17.2 Å². The topological polar surface area (TPSA) is 132 Å². The van der Waals surface area contributed by atoms with E-state index < -0.39 is 25.3 Å². The summed E-state index contributed by atoms with van der Waals surface area (Å²) in [7, 11) is -1.61. The zero-order chi connectivity index (χ0) is 26.6. The number of hydrogen-bond acceptors (Lipinski definition) is 9. The Morgan fingerprint density at radius 3 is 2.05 bits per heavy atom. The molecule has 0 aliphatic rings. The molecular weight excluding hydrogens is 479 g/mol. The molecule has 0 fully saturated rings. The third-order valence-electron chi connectivity index (χ3n) is 5.11. The van der Waals surface area contributed by atoms with E-state index in [1.165, 1.54) is 36.4 Å². The zero-order valence-corrected chi connectivity index (χ0v) is 20.0. The minimum atomic E-state index is -1.61. The zero-order valence-electron chi connectivity index (χ0n) is 20.0. The summed E-state index contributed by atoms with van der Waals surface area (Å²) in [5.41, 5.74) is 1.04. The van der Waals surface area contributed by atoms with Crippen molar-refractivity contribution in [1.29, 1.82) is 0 Å². The molecule has 0 saturated heterocycles. The lowest BCUT2D eigenvalue weighted by atomic mass is 9.80. The van der Waals surface area contributed by atoms with Gasteiger partial charge in [-0.15, -0.1) is 0 Å². The second-order valence-electron chi connectivity index (χ2n) is 7.82. The molecule has 10 heteroatoms. The summed E-state index contributed by atoms with van der Waals surface area (Å²) in [5, 5.41) is 28.6. The van der Waals surface area contributed by atoms with Crippen molar-refractivity contribution in [1.82, 2.24) is 0 Å². The molecule has 0 aromatic heterocycles. The second-order valence-corrected chi connectivity index (χ2v) is 7.82. The van der Waals surface area contributed by atoms with Crippen LogP contribution >= 0.6 is 0 Å². The highest BCUT2D eigenvalue weighted by molar-refractivity contribution is 6.58. The van der Waals surface area contributed by atoms with Gasteiger partial charge in [0.05, 0.1) is 18.8 Å². The van der Waals surface area contributed by atoms with Gasteiger partial charge >= 0.3 is 19.1 Å². The third-order valence-corrected chi connectivity index (χ3v) is 5.11. The number of benzene rings is 3. The Labute approximate surface area is 214 Å². The number of hydrogen-bond donors (Lipinski definition) is 3. The molecule has 0 radical (unpaired) electrons. The van der Waals surface area contributed by atoms with E-state index >= 15 is 0 Å². The van der Waals surface area contributed by atoms with Gasteiger partial charge in [-0.1, -0.05) is 18.7 Å². The fourth-order valence-electron chi connectivity index (χ4n) is 3.10. The molecular formula is C27H27BO9. The number of unbranched alkanes of at least 4 members (excludes halogenated alkanes) is 1. The molecule has 3 rings (SSSR count). The second kappa shape index (κ2) is 13.8. The van der Waals surface area contributed by atoms with E-state index in [2.05, 4.69) is 6.58 Å². The van der Waals surface area contributed by atoms with E-state index in [0.717, 1.165) is 6.08 Å². The molecule has 9 nitrogen and oxygen atoms in total. The SMILES string of the molecule is C=CC(=O)OCCCCOc1ccc(C(O)Oc2ccc(OC(=O)c3ccc(B(O)O)cc3)cc2)cc1. The number of aliphatic hydroxyl groups is 1. The highest BCUT2D eigenvalue weighted by Crippen LogP contribution is 2.24. The van der Waals surface area contributed by atoms with Crippen molar-refractivity contribution < 1.29 is 43.7 Å². The maximum Gasteiger partial charge on any atom is 0.488 e. The minimum Gasteiger partial charge on any atom is -0.494 e. The quantitative estimate of drug-likeness (QED) is 0.0799. The molecule has 0 saturated carbocycles. The summed E-state index contributed by atoms with van der Waals surface area (Å²) in [6.07, 6.45) is 1.29. The Hall–Kier alpha value is -4.12. The fourth-order valence-corrected chi connectivity index (χ4v) is 3.10. The van der Waals surface area contributed by atoms with Gasteiger partial charge in [0.25, 0.3) is 0 Å². The predicted octanol–water partition coefficient (Wildman–Crippen LogP) is 2.54. The van der Waals surface area contributed by atoms with E-state index in [4.69, 9.17) is 29.0 Å². The van der Waals surface area contributed by atoms with Gasteiger partial charge in [0, 0.05) is 11.6 Å². The number of esters is 2. The summed E-state index contributed by atoms with van der Waals surface area (Å²) in [6.45, 7) is 4.10. The van der Waals surface area contributed by atoms with Crippen molar-refractivity contribution in [2.24, 2.45) is 0 Å². The first-order valence-electron chi connectivity index (χ1n) is 11.5. The van der Waals surface area contributed by atoms with Crippen LogP contribution in [0.1, 0.15) is 35.1 Å². The Morgan fingerprint density at radius 1 is 0.838 bits per heavy atom. The van der Waals surface area contributed by atoms with Crippen LogP contribution < -0.4 is 19.7 Å². The Bertz CT molecular complexity index is 1160. The number of carbonyl (C=O) groups is 2. The predicted molar refractivity (Wildman–Crippen MR) is 136 cm³/mol. The molecule has 1 atom stereocenters. The van der Waals surface area contributed by atoms with Crippen molar-refractivity contribution in [3.63, 3.8) is 0 Å². The largest absolute Gasteiger partial charge is 0.494 e. The first-order chi connectivity index (χ1) is 17.9. The monoisotopic (exact) mass is 506 g/mol. The lowest BCUT2D eigenvalue weighted by molar-refractivity contribution is -0.137. The number of ether oxygens (including phenoxy) is 4. The molecule has 0 aliphatic carbocycles. The van der Waals surface area contributed by atoms with Crippen LogP contribution in [-0.2, 0) is 9.53 Å². The van der Waals surface area contributed by atoms with Crippen LogP contribution in [-0.4, -0.2) is 47.4 Å².